The number of fused-ring (bicyclic) bond motifs is 3. The van der Waals surface area contributed by atoms with E-state index in [0.717, 1.165) is 29.5 Å². The second-order valence-corrected chi connectivity index (χ2v) is 4.50. The van der Waals surface area contributed by atoms with Gasteiger partial charge in [-0.2, -0.15) is 0 Å². The predicted molar refractivity (Wildman–Crippen MR) is 73.5 cm³/mol. The van der Waals surface area contributed by atoms with Crippen LogP contribution in [0.1, 0.15) is 25.5 Å². The maximum atomic E-state index is 5.97. The van der Waals surface area contributed by atoms with Crippen molar-refractivity contribution in [3.8, 4) is 0 Å². The Morgan fingerprint density at radius 2 is 2.11 bits per heavy atom. The van der Waals surface area contributed by atoms with Crippen molar-refractivity contribution in [1.82, 2.24) is 14.4 Å². The molecule has 0 amide bonds. The van der Waals surface area contributed by atoms with Crippen molar-refractivity contribution in [2.45, 2.75) is 26.2 Å². The number of unbranched alkanes of at least 4 members (excludes halogenated alkanes) is 1. The molecule has 0 atom stereocenters. The molecule has 0 aliphatic carbocycles. The molecule has 3 aromatic rings. The van der Waals surface area contributed by atoms with Gasteiger partial charge in [-0.1, -0.05) is 25.5 Å². The predicted octanol–water partition coefficient (Wildman–Crippen LogP) is 2.81. The van der Waals surface area contributed by atoms with E-state index in [9.17, 15) is 0 Å². The molecule has 0 saturated heterocycles. The summed E-state index contributed by atoms with van der Waals surface area (Å²) in [5, 5.41) is 0. The van der Waals surface area contributed by atoms with Crippen LogP contribution < -0.4 is 5.73 Å². The van der Waals surface area contributed by atoms with Gasteiger partial charge in [0.05, 0.1) is 11.0 Å². The lowest BCUT2D eigenvalue weighted by Gasteiger charge is -2.07. The fourth-order valence-electron chi connectivity index (χ4n) is 2.30. The Hall–Kier alpha value is -2.10. The first-order chi connectivity index (χ1) is 8.81. The average molecular weight is 240 g/mol. The molecule has 18 heavy (non-hydrogen) atoms. The van der Waals surface area contributed by atoms with Crippen molar-refractivity contribution in [2.75, 3.05) is 5.73 Å². The summed E-state index contributed by atoms with van der Waals surface area (Å²) < 4.78 is 2.13. The van der Waals surface area contributed by atoms with Crippen molar-refractivity contribution in [3.05, 3.63) is 36.2 Å². The van der Waals surface area contributed by atoms with Gasteiger partial charge in [0.1, 0.15) is 0 Å². The number of hydrogen-bond donors (Lipinski definition) is 1. The Morgan fingerprint density at radius 1 is 1.28 bits per heavy atom. The first-order valence-corrected chi connectivity index (χ1v) is 6.32. The molecular weight excluding hydrogens is 224 g/mol. The molecule has 0 bridgehead atoms. The van der Waals surface area contributed by atoms with Crippen LogP contribution in [0.25, 0.3) is 16.7 Å². The Bertz CT molecular complexity index is 699. The van der Waals surface area contributed by atoms with Crippen LogP contribution in [0, 0.1) is 0 Å². The summed E-state index contributed by atoms with van der Waals surface area (Å²) >= 11 is 0. The molecule has 2 N–H and O–H groups in total. The maximum Gasteiger partial charge on any atom is 0.180 e. The first kappa shape index (κ1) is 11.0. The molecule has 0 unspecified atom stereocenters. The third-order valence-corrected chi connectivity index (χ3v) is 3.21. The van der Waals surface area contributed by atoms with Crippen LogP contribution in [0.5, 0.6) is 0 Å². The standard InChI is InChI=1S/C14H16N4/c1-2-3-6-10-9-16-14-13(15)17-11-7-4-5-8-12(11)18(10)14/h4-5,7-9H,2-3,6H2,1H3,(H2,15,17). The minimum atomic E-state index is 0.497. The van der Waals surface area contributed by atoms with Gasteiger partial charge in [-0.15, -0.1) is 0 Å². The summed E-state index contributed by atoms with van der Waals surface area (Å²) in [5.74, 6) is 0.497. The van der Waals surface area contributed by atoms with E-state index in [-0.39, 0.29) is 0 Å². The van der Waals surface area contributed by atoms with Crippen LogP contribution in [0.3, 0.4) is 0 Å². The highest BCUT2D eigenvalue weighted by Gasteiger charge is 2.10. The SMILES string of the molecule is CCCCc1cnc2c(N)nc3ccccc3n12. The summed E-state index contributed by atoms with van der Waals surface area (Å²) in [4.78, 5) is 8.79. The fourth-order valence-corrected chi connectivity index (χ4v) is 2.30. The van der Waals surface area contributed by atoms with E-state index in [1.165, 1.54) is 12.1 Å². The normalized spacial score (nSPS) is 11.4. The summed E-state index contributed by atoms with van der Waals surface area (Å²) in [6.45, 7) is 2.19. The number of hydrogen-bond acceptors (Lipinski definition) is 3. The van der Waals surface area contributed by atoms with E-state index in [4.69, 9.17) is 5.73 Å². The lowest BCUT2D eigenvalue weighted by molar-refractivity contribution is 0.774. The molecule has 2 aromatic heterocycles. The summed E-state index contributed by atoms with van der Waals surface area (Å²) in [7, 11) is 0. The minimum absolute atomic E-state index is 0.497. The molecular formula is C14H16N4. The second-order valence-electron chi connectivity index (χ2n) is 4.50. The number of nitrogen functional groups attached to an aromatic ring is 1. The number of anilines is 1. The number of para-hydroxylation sites is 2. The number of benzene rings is 1. The Kier molecular flexibility index (Phi) is 2.63. The van der Waals surface area contributed by atoms with Gasteiger partial charge < -0.3 is 5.73 Å². The number of imidazole rings is 1. The van der Waals surface area contributed by atoms with Crippen LogP contribution in [-0.2, 0) is 6.42 Å². The zero-order valence-electron chi connectivity index (χ0n) is 10.4. The lowest BCUT2D eigenvalue weighted by atomic mass is 10.2. The largest absolute Gasteiger partial charge is 0.381 e. The van der Waals surface area contributed by atoms with Crippen molar-refractivity contribution >= 4 is 22.5 Å². The molecule has 0 saturated carbocycles. The Morgan fingerprint density at radius 3 is 2.94 bits per heavy atom. The minimum Gasteiger partial charge on any atom is -0.381 e. The van der Waals surface area contributed by atoms with Crippen LogP contribution >= 0.6 is 0 Å². The van der Waals surface area contributed by atoms with E-state index in [1.54, 1.807) is 0 Å². The van der Waals surface area contributed by atoms with E-state index in [0.29, 0.717) is 5.82 Å². The van der Waals surface area contributed by atoms with Gasteiger partial charge in [0.2, 0.25) is 0 Å². The van der Waals surface area contributed by atoms with E-state index in [1.807, 2.05) is 24.4 Å². The zero-order chi connectivity index (χ0) is 12.5. The highest BCUT2D eigenvalue weighted by Crippen LogP contribution is 2.21. The van der Waals surface area contributed by atoms with Gasteiger partial charge in [-0.25, -0.2) is 9.97 Å². The van der Waals surface area contributed by atoms with Gasteiger partial charge in [-0.05, 0) is 25.0 Å². The number of aryl methyl sites for hydroxylation is 1. The number of nitrogens with two attached hydrogens (primary N) is 1. The Labute approximate surface area is 105 Å². The van der Waals surface area contributed by atoms with Crippen molar-refractivity contribution in [1.29, 1.82) is 0 Å². The van der Waals surface area contributed by atoms with E-state index < -0.39 is 0 Å². The third-order valence-electron chi connectivity index (χ3n) is 3.21. The molecule has 92 valence electrons. The molecule has 0 fully saturated rings. The second kappa shape index (κ2) is 4.29. The van der Waals surface area contributed by atoms with Crippen molar-refractivity contribution in [3.63, 3.8) is 0 Å². The summed E-state index contributed by atoms with van der Waals surface area (Å²) in [6, 6.07) is 8.03. The summed E-state index contributed by atoms with van der Waals surface area (Å²) in [6.07, 6.45) is 5.26. The molecule has 1 aromatic carbocycles. The van der Waals surface area contributed by atoms with Gasteiger partial charge in [0.15, 0.2) is 11.5 Å². The smallest absolute Gasteiger partial charge is 0.180 e. The molecule has 2 heterocycles. The highest BCUT2D eigenvalue weighted by atomic mass is 15.1. The lowest BCUT2D eigenvalue weighted by Crippen LogP contribution is -2.01. The van der Waals surface area contributed by atoms with Crippen LogP contribution in [0.2, 0.25) is 0 Å². The van der Waals surface area contributed by atoms with Crippen LogP contribution in [0.4, 0.5) is 5.82 Å². The van der Waals surface area contributed by atoms with Crippen LogP contribution in [0.15, 0.2) is 30.5 Å². The van der Waals surface area contributed by atoms with Gasteiger partial charge in [0.25, 0.3) is 0 Å². The average Bonchev–Trinajstić information content (AvgIpc) is 2.81. The van der Waals surface area contributed by atoms with E-state index in [2.05, 4.69) is 27.4 Å². The first-order valence-electron chi connectivity index (χ1n) is 6.32. The van der Waals surface area contributed by atoms with Gasteiger partial charge in [-0.3, -0.25) is 4.40 Å². The molecule has 4 nitrogen and oxygen atoms in total. The van der Waals surface area contributed by atoms with Crippen molar-refractivity contribution < 1.29 is 0 Å². The number of nitrogens with zero attached hydrogens (tertiary/aromatic N) is 3. The van der Waals surface area contributed by atoms with Crippen molar-refractivity contribution in [2.24, 2.45) is 0 Å². The maximum absolute atomic E-state index is 5.97. The van der Waals surface area contributed by atoms with Gasteiger partial charge in [0, 0.05) is 11.9 Å². The zero-order valence-corrected chi connectivity index (χ0v) is 10.4. The molecule has 0 aliphatic rings. The fraction of sp³-hybridized carbons (Fsp3) is 0.286. The molecule has 4 heteroatoms. The van der Waals surface area contributed by atoms with Gasteiger partial charge >= 0.3 is 0 Å². The highest BCUT2D eigenvalue weighted by molar-refractivity contribution is 5.82. The number of rotatable bonds is 3. The van der Waals surface area contributed by atoms with E-state index >= 15 is 0 Å². The number of aromatic nitrogens is 3. The van der Waals surface area contributed by atoms with Crippen LogP contribution in [-0.4, -0.2) is 14.4 Å². The monoisotopic (exact) mass is 240 g/mol. The topological polar surface area (TPSA) is 56.2 Å². The molecule has 0 spiro atoms. The molecule has 0 radical (unpaired) electrons. The summed E-state index contributed by atoms with van der Waals surface area (Å²) in [5.41, 5.74) is 9.93. The quantitative estimate of drug-likeness (QED) is 0.765. The molecule has 3 rings (SSSR count). The molecule has 0 aliphatic heterocycles. The third kappa shape index (κ3) is 1.61. The Balaban J connectivity index is 2.33.